The van der Waals surface area contributed by atoms with Gasteiger partial charge in [-0.1, -0.05) is 12.1 Å². The number of nitrogens with one attached hydrogen (secondary N) is 1. The third-order valence-electron chi connectivity index (χ3n) is 4.68. The van der Waals surface area contributed by atoms with E-state index < -0.39 is 0 Å². The van der Waals surface area contributed by atoms with Gasteiger partial charge in [-0.25, -0.2) is 4.39 Å². The maximum atomic E-state index is 13.1. The molecule has 1 atom stereocenters. The molecule has 1 aliphatic heterocycles. The van der Waals surface area contributed by atoms with Crippen molar-refractivity contribution in [3.8, 4) is 0 Å². The highest BCUT2D eigenvalue weighted by molar-refractivity contribution is 5.73. The number of carbonyl (C=O) groups is 1. The molecule has 0 bridgehead atoms. The SMILES string of the molecule is CC(=O)N1CCC(NC(c2ccc(F)cc2)C2CC2)CC1. The summed E-state index contributed by atoms with van der Waals surface area (Å²) in [6.45, 7) is 3.32. The fourth-order valence-corrected chi connectivity index (χ4v) is 3.22. The summed E-state index contributed by atoms with van der Waals surface area (Å²) in [5.74, 6) is 0.676. The molecule has 1 aliphatic carbocycles. The maximum Gasteiger partial charge on any atom is 0.219 e. The van der Waals surface area contributed by atoms with E-state index in [9.17, 15) is 9.18 Å². The van der Waals surface area contributed by atoms with E-state index in [0.717, 1.165) is 25.9 Å². The summed E-state index contributed by atoms with van der Waals surface area (Å²) in [7, 11) is 0. The lowest BCUT2D eigenvalue weighted by Gasteiger charge is -2.34. The molecule has 1 saturated carbocycles. The van der Waals surface area contributed by atoms with Crippen molar-refractivity contribution >= 4 is 5.91 Å². The number of hydrogen-bond donors (Lipinski definition) is 1. The highest BCUT2D eigenvalue weighted by atomic mass is 19.1. The van der Waals surface area contributed by atoms with Crippen LogP contribution < -0.4 is 5.32 Å². The number of benzene rings is 1. The molecule has 114 valence electrons. The third kappa shape index (κ3) is 3.62. The van der Waals surface area contributed by atoms with Gasteiger partial charge >= 0.3 is 0 Å². The van der Waals surface area contributed by atoms with Crippen molar-refractivity contribution in [2.45, 2.75) is 44.7 Å². The summed E-state index contributed by atoms with van der Waals surface area (Å²) >= 11 is 0. The molecule has 1 aromatic carbocycles. The molecule has 3 rings (SSSR count). The Morgan fingerprint density at radius 1 is 1.19 bits per heavy atom. The lowest BCUT2D eigenvalue weighted by molar-refractivity contribution is -0.129. The first-order valence-corrected chi connectivity index (χ1v) is 7.90. The number of amides is 1. The minimum atomic E-state index is -0.178. The van der Waals surface area contributed by atoms with Gasteiger partial charge in [-0.2, -0.15) is 0 Å². The second-order valence-corrected chi connectivity index (χ2v) is 6.31. The summed E-state index contributed by atoms with van der Waals surface area (Å²) in [6, 6.07) is 7.68. The molecule has 3 nitrogen and oxygen atoms in total. The highest BCUT2D eigenvalue weighted by Crippen LogP contribution is 2.41. The molecular formula is C17H23FN2O. The number of hydrogen-bond acceptors (Lipinski definition) is 2. The predicted molar refractivity (Wildman–Crippen MR) is 80.3 cm³/mol. The molecule has 4 heteroatoms. The molecule has 1 heterocycles. The number of nitrogens with zero attached hydrogens (tertiary/aromatic N) is 1. The van der Waals surface area contributed by atoms with Gasteiger partial charge < -0.3 is 10.2 Å². The first kappa shape index (κ1) is 14.5. The smallest absolute Gasteiger partial charge is 0.219 e. The van der Waals surface area contributed by atoms with Crippen molar-refractivity contribution in [1.29, 1.82) is 0 Å². The first-order chi connectivity index (χ1) is 10.1. The number of carbonyl (C=O) groups excluding carboxylic acids is 1. The Bertz CT molecular complexity index is 490. The Labute approximate surface area is 125 Å². The highest BCUT2D eigenvalue weighted by Gasteiger charge is 2.34. The minimum Gasteiger partial charge on any atom is -0.343 e. The number of likely N-dealkylation sites (tertiary alicyclic amines) is 1. The predicted octanol–water partition coefficient (Wildman–Crippen LogP) is 2.88. The van der Waals surface area contributed by atoms with Crippen LogP contribution in [-0.2, 0) is 4.79 Å². The second kappa shape index (κ2) is 6.14. The Hall–Kier alpha value is -1.42. The van der Waals surface area contributed by atoms with Gasteiger partial charge in [-0.15, -0.1) is 0 Å². The van der Waals surface area contributed by atoms with E-state index in [0.29, 0.717) is 18.0 Å². The van der Waals surface area contributed by atoms with E-state index in [4.69, 9.17) is 0 Å². The minimum absolute atomic E-state index is 0.172. The normalized spacial score (nSPS) is 21.3. The average molecular weight is 290 g/mol. The Morgan fingerprint density at radius 2 is 1.81 bits per heavy atom. The van der Waals surface area contributed by atoms with Gasteiger partial charge in [-0.3, -0.25) is 4.79 Å². The van der Waals surface area contributed by atoms with Crippen LogP contribution in [0.25, 0.3) is 0 Å². The molecule has 1 unspecified atom stereocenters. The molecule has 1 amide bonds. The molecule has 2 aliphatic rings. The van der Waals surface area contributed by atoms with Gasteiger partial charge in [0, 0.05) is 32.1 Å². The Kier molecular flexibility index (Phi) is 4.24. The Morgan fingerprint density at radius 3 is 2.33 bits per heavy atom. The van der Waals surface area contributed by atoms with Gasteiger partial charge in [0.2, 0.25) is 5.91 Å². The van der Waals surface area contributed by atoms with Crippen molar-refractivity contribution in [1.82, 2.24) is 10.2 Å². The maximum absolute atomic E-state index is 13.1. The van der Waals surface area contributed by atoms with Crippen LogP contribution in [0.1, 0.15) is 44.2 Å². The Balaban J connectivity index is 1.61. The molecule has 0 spiro atoms. The second-order valence-electron chi connectivity index (χ2n) is 6.31. The van der Waals surface area contributed by atoms with Crippen LogP contribution in [0, 0.1) is 11.7 Å². The van der Waals surface area contributed by atoms with Crippen molar-refractivity contribution in [3.05, 3.63) is 35.6 Å². The zero-order chi connectivity index (χ0) is 14.8. The zero-order valence-corrected chi connectivity index (χ0v) is 12.5. The lowest BCUT2D eigenvalue weighted by Crippen LogP contribution is -2.45. The summed E-state index contributed by atoms with van der Waals surface area (Å²) in [6.07, 6.45) is 4.51. The molecule has 21 heavy (non-hydrogen) atoms. The lowest BCUT2D eigenvalue weighted by atomic mass is 9.98. The monoisotopic (exact) mass is 290 g/mol. The van der Waals surface area contributed by atoms with Gasteiger partial charge in [0.05, 0.1) is 0 Å². The van der Waals surface area contributed by atoms with Crippen LogP contribution in [0.15, 0.2) is 24.3 Å². The fourth-order valence-electron chi connectivity index (χ4n) is 3.22. The number of halogens is 1. The van der Waals surface area contributed by atoms with Crippen LogP contribution in [0.3, 0.4) is 0 Å². The molecular weight excluding hydrogens is 267 g/mol. The van der Waals surface area contributed by atoms with Crippen molar-refractivity contribution < 1.29 is 9.18 Å². The quantitative estimate of drug-likeness (QED) is 0.925. The number of rotatable bonds is 4. The molecule has 0 aromatic heterocycles. The molecule has 0 radical (unpaired) electrons. The van der Waals surface area contributed by atoms with Crippen LogP contribution in [0.2, 0.25) is 0 Å². The summed E-state index contributed by atoms with van der Waals surface area (Å²) in [5, 5.41) is 3.75. The van der Waals surface area contributed by atoms with Gasteiger partial charge in [0.15, 0.2) is 0 Å². The van der Waals surface area contributed by atoms with E-state index in [-0.39, 0.29) is 11.7 Å². The van der Waals surface area contributed by atoms with Crippen molar-refractivity contribution in [2.75, 3.05) is 13.1 Å². The van der Waals surface area contributed by atoms with E-state index >= 15 is 0 Å². The summed E-state index contributed by atoms with van der Waals surface area (Å²) in [4.78, 5) is 13.3. The van der Waals surface area contributed by atoms with Crippen LogP contribution in [0.5, 0.6) is 0 Å². The fraction of sp³-hybridized carbons (Fsp3) is 0.588. The summed E-state index contributed by atoms with van der Waals surface area (Å²) in [5.41, 5.74) is 1.19. The van der Waals surface area contributed by atoms with Crippen LogP contribution in [0.4, 0.5) is 4.39 Å². The molecule has 1 aromatic rings. The van der Waals surface area contributed by atoms with Crippen LogP contribution >= 0.6 is 0 Å². The van der Waals surface area contributed by atoms with Crippen LogP contribution in [-0.4, -0.2) is 29.9 Å². The largest absolute Gasteiger partial charge is 0.343 e. The van der Waals surface area contributed by atoms with Crippen molar-refractivity contribution in [3.63, 3.8) is 0 Å². The third-order valence-corrected chi connectivity index (χ3v) is 4.68. The topological polar surface area (TPSA) is 32.3 Å². The van der Waals surface area contributed by atoms with Gasteiger partial charge in [0.1, 0.15) is 5.82 Å². The van der Waals surface area contributed by atoms with E-state index in [1.807, 2.05) is 17.0 Å². The van der Waals surface area contributed by atoms with E-state index in [1.165, 1.54) is 18.4 Å². The van der Waals surface area contributed by atoms with Crippen molar-refractivity contribution in [2.24, 2.45) is 5.92 Å². The van der Waals surface area contributed by atoms with Gasteiger partial charge in [-0.05, 0) is 49.3 Å². The average Bonchev–Trinajstić information content (AvgIpc) is 3.31. The van der Waals surface area contributed by atoms with E-state index in [1.54, 1.807) is 19.1 Å². The molecule has 1 saturated heterocycles. The number of piperidine rings is 1. The zero-order valence-electron chi connectivity index (χ0n) is 12.5. The standard InChI is InChI=1S/C17H23FN2O/c1-12(21)20-10-8-16(9-11-20)19-17(13-2-3-13)14-4-6-15(18)7-5-14/h4-7,13,16-17,19H,2-3,8-11H2,1H3. The summed E-state index contributed by atoms with van der Waals surface area (Å²) < 4.78 is 13.1. The van der Waals surface area contributed by atoms with E-state index in [2.05, 4.69) is 5.32 Å². The first-order valence-electron chi connectivity index (χ1n) is 7.90. The molecule has 1 N–H and O–H groups in total. The molecule has 2 fully saturated rings. The van der Waals surface area contributed by atoms with Gasteiger partial charge in [0.25, 0.3) is 0 Å².